The first-order valence-corrected chi connectivity index (χ1v) is 7.69. The third-order valence-electron chi connectivity index (χ3n) is 2.26. The molecule has 0 atom stereocenters. The van der Waals surface area contributed by atoms with E-state index in [2.05, 4.69) is 10.6 Å². The number of carbonyl (C=O) groups excluding carboxylic acids is 1. The van der Waals surface area contributed by atoms with E-state index >= 15 is 0 Å². The highest BCUT2D eigenvalue weighted by atomic mass is 32.2. The molecule has 6 nitrogen and oxygen atoms in total. The van der Waals surface area contributed by atoms with Gasteiger partial charge in [0.05, 0.1) is 12.8 Å². The maximum Gasteiger partial charge on any atom is 0.233 e. The van der Waals surface area contributed by atoms with Gasteiger partial charge in [-0.1, -0.05) is 13.8 Å². The van der Waals surface area contributed by atoms with Gasteiger partial charge in [0.15, 0.2) is 0 Å². The smallest absolute Gasteiger partial charge is 0.233 e. The van der Waals surface area contributed by atoms with Crippen LogP contribution in [0.1, 0.15) is 20.3 Å². The molecular formula is C10H23N3O3S. The van der Waals surface area contributed by atoms with Crippen LogP contribution in [0.3, 0.4) is 0 Å². The summed E-state index contributed by atoms with van der Waals surface area (Å²) in [6.45, 7) is 6.19. The molecule has 0 aliphatic rings. The van der Waals surface area contributed by atoms with E-state index in [0.29, 0.717) is 32.6 Å². The van der Waals surface area contributed by atoms with Crippen molar-refractivity contribution in [1.82, 2.24) is 14.9 Å². The lowest BCUT2D eigenvalue weighted by molar-refractivity contribution is -0.120. The molecular weight excluding hydrogens is 242 g/mol. The van der Waals surface area contributed by atoms with Crippen molar-refractivity contribution < 1.29 is 13.2 Å². The molecule has 0 aliphatic carbocycles. The molecule has 0 unspecified atom stereocenters. The van der Waals surface area contributed by atoms with Crippen LogP contribution < -0.4 is 10.6 Å². The van der Waals surface area contributed by atoms with Gasteiger partial charge >= 0.3 is 0 Å². The van der Waals surface area contributed by atoms with E-state index in [1.165, 1.54) is 10.6 Å². The van der Waals surface area contributed by atoms with Gasteiger partial charge in [0.25, 0.3) is 0 Å². The highest BCUT2D eigenvalue weighted by Crippen LogP contribution is 1.97. The van der Waals surface area contributed by atoms with E-state index in [1.54, 1.807) is 6.92 Å². The third kappa shape index (κ3) is 8.12. The normalized spacial score (nSPS) is 11.8. The molecule has 0 saturated carbocycles. The summed E-state index contributed by atoms with van der Waals surface area (Å²) in [6, 6.07) is 0. The zero-order valence-corrected chi connectivity index (χ0v) is 11.6. The Hall–Kier alpha value is -0.660. The summed E-state index contributed by atoms with van der Waals surface area (Å²) in [5.74, 6) is -0.0609. The van der Waals surface area contributed by atoms with Gasteiger partial charge in [-0.15, -0.1) is 0 Å². The fourth-order valence-corrected chi connectivity index (χ4v) is 2.27. The fourth-order valence-electron chi connectivity index (χ4n) is 1.34. The summed E-state index contributed by atoms with van der Waals surface area (Å²) in [4.78, 5) is 11.2. The zero-order valence-electron chi connectivity index (χ0n) is 10.8. The lowest BCUT2D eigenvalue weighted by Crippen LogP contribution is -2.36. The molecule has 7 heteroatoms. The fraction of sp³-hybridized carbons (Fsp3) is 0.900. The summed E-state index contributed by atoms with van der Waals surface area (Å²) in [7, 11) is -3.12. The number of carbonyl (C=O) groups is 1. The average Bonchev–Trinajstić information content (AvgIpc) is 2.24. The van der Waals surface area contributed by atoms with Crippen LogP contribution in [0.4, 0.5) is 0 Å². The van der Waals surface area contributed by atoms with E-state index in [9.17, 15) is 13.2 Å². The first-order chi connectivity index (χ1) is 7.91. The molecule has 102 valence electrons. The predicted molar refractivity (Wildman–Crippen MR) is 68.3 cm³/mol. The highest BCUT2D eigenvalue weighted by molar-refractivity contribution is 7.88. The van der Waals surface area contributed by atoms with Gasteiger partial charge in [-0.2, -0.15) is 0 Å². The molecule has 1 amide bonds. The summed E-state index contributed by atoms with van der Waals surface area (Å²) in [6.07, 6.45) is 1.82. The standard InChI is InChI=1S/C10H23N3O3S/c1-4-11-9-10(14)12-7-6-8-13(5-2)17(3,15)16/h11H,4-9H2,1-3H3,(H,12,14). The van der Waals surface area contributed by atoms with Crippen molar-refractivity contribution in [3.05, 3.63) is 0 Å². The van der Waals surface area contributed by atoms with Crippen LogP contribution in [0.15, 0.2) is 0 Å². The number of rotatable bonds is 9. The largest absolute Gasteiger partial charge is 0.355 e. The molecule has 0 aliphatic heterocycles. The monoisotopic (exact) mass is 265 g/mol. The molecule has 0 saturated heterocycles. The number of nitrogens with zero attached hydrogens (tertiary/aromatic N) is 1. The van der Waals surface area contributed by atoms with Gasteiger partial charge in [0.2, 0.25) is 15.9 Å². The minimum absolute atomic E-state index is 0.0609. The Balaban J connectivity index is 3.73. The lowest BCUT2D eigenvalue weighted by Gasteiger charge is -2.17. The number of likely N-dealkylation sites (N-methyl/N-ethyl adjacent to an activating group) is 1. The molecule has 0 bridgehead atoms. The molecule has 0 rings (SSSR count). The van der Waals surface area contributed by atoms with Crippen molar-refractivity contribution in [2.24, 2.45) is 0 Å². The Bertz CT molecular complexity index is 317. The Labute approximate surface area is 104 Å². The molecule has 0 spiro atoms. The van der Waals surface area contributed by atoms with Crippen LogP contribution >= 0.6 is 0 Å². The SMILES string of the molecule is CCNCC(=O)NCCCN(CC)S(C)(=O)=O. The molecule has 0 fully saturated rings. The van der Waals surface area contributed by atoms with E-state index < -0.39 is 10.0 Å². The minimum Gasteiger partial charge on any atom is -0.355 e. The Morgan fingerprint density at radius 2 is 1.94 bits per heavy atom. The number of hydrogen-bond donors (Lipinski definition) is 2. The van der Waals surface area contributed by atoms with Gasteiger partial charge in [-0.25, -0.2) is 12.7 Å². The summed E-state index contributed by atoms with van der Waals surface area (Å²) in [5.41, 5.74) is 0. The topological polar surface area (TPSA) is 78.5 Å². The maximum atomic E-state index is 11.3. The molecule has 0 aromatic carbocycles. The second-order valence-electron chi connectivity index (χ2n) is 3.74. The maximum absolute atomic E-state index is 11.3. The number of amides is 1. The van der Waals surface area contributed by atoms with Crippen molar-refractivity contribution in [3.63, 3.8) is 0 Å². The van der Waals surface area contributed by atoms with E-state index in [0.717, 1.165) is 6.54 Å². The molecule has 0 aromatic rings. The van der Waals surface area contributed by atoms with Gasteiger partial charge < -0.3 is 10.6 Å². The van der Waals surface area contributed by atoms with Crippen molar-refractivity contribution in [2.75, 3.05) is 39.0 Å². The van der Waals surface area contributed by atoms with Crippen LogP contribution in [-0.4, -0.2) is 57.6 Å². The van der Waals surface area contributed by atoms with Crippen molar-refractivity contribution in [1.29, 1.82) is 0 Å². The van der Waals surface area contributed by atoms with Crippen LogP contribution in [0.2, 0.25) is 0 Å². The van der Waals surface area contributed by atoms with Crippen LogP contribution in [-0.2, 0) is 14.8 Å². The van der Waals surface area contributed by atoms with E-state index in [4.69, 9.17) is 0 Å². The van der Waals surface area contributed by atoms with Gasteiger partial charge in [0, 0.05) is 19.6 Å². The van der Waals surface area contributed by atoms with Crippen LogP contribution in [0.25, 0.3) is 0 Å². The van der Waals surface area contributed by atoms with E-state index in [-0.39, 0.29) is 5.91 Å². The number of hydrogen-bond acceptors (Lipinski definition) is 4. The third-order valence-corrected chi connectivity index (χ3v) is 3.64. The number of nitrogens with one attached hydrogen (secondary N) is 2. The zero-order chi connectivity index (χ0) is 13.3. The van der Waals surface area contributed by atoms with Gasteiger partial charge in [0.1, 0.15) is 0 Å². The molecule has 0 heterocycles. The highest BCUT2D eigenvalue weighted by Gasteiger charge is 2.13. The first kappa shape index (κ1) is 16.3. The second kappa shape index (κ2) is 8.43. The minimum atomic E-state index is -3.12. The quantitative estimate of drug-likeness (QED) is 0.545. The average molecular weight is 265 g/mol. The van der Waals surface area contributed by atoms with Crippen LogP contribution in [0.5, 0.6) is 0 Å². The lowest BCUT2D eigenvalue weighted by atomic mass is 10.4. The van der Waals surface area contributed by atoms with Gasteiger partial charge in [-0.05, 0) is 13.0 Å². The van der Waals surface area contributed by atoms with E-state index in [1.807, 2.05) is 6.92 Å². The van der Waals surface area contributed by atoms with Crippen molar-refractivity contribution >= 4 is 15.9 Å². The van der Waals surface area contributed by atoms with Crippen LogP contribution in [0, 0.1) is 0 Å². The predicted octanol–water partition coefficient (Wildman–Crippen LogP) is -0.616. The summed E-state index contributed by atoms with van der Waals surface area (Å²) < 4.78 is 23.9. The molecule has 17 heavy (non-hydrogen) atoms. The Morgan fingerprint density at radius 3 is 2.41 bits per heavy atom. The molecule has 0 radical (unpaired) electrons. The first-order valence-electron chi connectivity index (χ1n) is 5.84. The van der Waals surface area contributed by atoms with Crippen molar-refractivity contribution in [2.45, 2.75) is 20.3 Å². The Kier molecular flexibility index (Phi) is 8.11. The second-order valence-corrected chi connectivity index (χ2v) is 5.72. The summed E-state index contributed by atoms with van der Waals surface area (Å²) >= 11 is 0. The summed E-state index contributed by atoms with van der Waals surface area (Å²) in [5, 5.41) is 5.64. The molecule has 2 N–H and O–H groups in total. The van der Waals surface area contributed by atoms with Gasteiger partial charge in [-0.3, -0.25) is 4.79 Å². The molecule has 0 aromatic heterocycles. The Morgan fingerprint density at radius 1 is 1.29 bits per heavy atom. The van der Waals surface area contributed by atoms with Crippen molar-refractivity contribution in [3.8, 4) is 0 Å². The number of sulfonamides is 1.